The molecule has 4 rings (SSSR count). The molecule has 1 atom stereocenters. The number of aryl methyl sites for hydroxylation is 1. The SMILES string of the molecule is Cc1cc(Oc2ncccn2)ccc1NC(=O)N1CCC[C@H]1C1CCCCC1. The van der Waals surface area contributed by atoms with Crippen LogP contribution in [0.2, 0.25) is 0 Å². The highest BCUT2D eigenvalue weighted by Gasteiger charge is 2.35. The maximum absolute atomic E-state index is 13.0. The number of carbonyl (C=O) groups excluding carboxylic acids is 1. The fraction of sp³-hybridized carbons (Fsp3) is 0.500. The van der Waals surface area contributed by atoms with E-state index in [4.69, 9.17) is 4.74 Å². The number of amides is 2. The third kappa shape index (κ3) is 4.26. The van der Waals surface area contributed by atoms with Crippen molar-refractivity contribution < 1.29 is 9.53 Å². The maximum Gasteiger partial charge on any atom is 0.322 e. The molecule has 1 N–H and O–H groups in total. The molecule has 148 valence electrons. The van der Waals surface area contributed by atoms with Gasteiger partial charge in [0, 0.05) is 30.7 Å². The summed E-state index contributed by atoms with van der Waals surface area (Å²) in [4.78, 5) is 23.2. The minimum Gasteiger partial charge on any atom is -0.424 e. The van der Waals surface area contributed by atoms with Crippen molar-refractivity contribution in [3.63, 3.8) is 0 Å². The van der Waals surface area contributed by atoms with Crippen LogP contribution in [0.1, 0.15) is 50.5 Å². The molecular formula is C22H28N4O2. The van der Waals surface area contributed by atoms with Crippen LogP contribution in [0.3, 0.4) is 0 Å². The lowest BCUT2D eigenvalue weighted by molar-refractivity contribution is 0.166. The van der Waals surface area contributed by atoms with Gasteiger partial charge in [-0.2, -0.15) is 0 Å². The first-order valence-electron chi connectivity index (χ1n) is 10.3. The summed E-state index contributed by atoms with van der Waals surface area (Å²) in [6.07, 6.45) is 12.0. The smallest absolute Gasteiger partial charge is 0.322 e. The van der Waals surface area contributed by atoms with Crippen LogP contribution in [0.4, 0.5) is 10.5 Å². The third-order valence-electron chi connectivity index (χ3n) is 5.94. The Hall–Kier alpha value is -2.63. The number of rotatable bonds is 4. The maximum atomic E-state index is 13.0. The van der Waals surface area contributed by atoms with Gasteiger partial charge in [-0.15, -0.1) is 0 Å². The molecule has 1 aromatic carbocycles. The predicted molar refractivity (Wildman–Crippen MR) is 109 cm³/mol. The Morgan fingerprint density at radius 1 is 1.11 bits per heavy atom. The summed E-state index contributed by atoms with van der Waals surface area (Å²) in [6, 6.07) is 8.10. The van der Waals surface area contributed by atoms with Gasteiger partial charge in [0.1, 0.15) is 5.75 Å². The van der Waals surface area contributed by atoms with E-state index in [-0.39, 0.29) is 6.03 Å². The standard InChI is InChI=1S/C22H28N4O2/c1-16-15-18(28-21-23-12-6-13-24-21)10-11-19(16)25-22(27)26-14-5-9-20(26)17-7-3-2-4-8-17/h6,10-13,15,17,20H,2-5,7-9,14H2,1H3,(H,25,27)/t20-/m0/s1. The highest BCUT2D eigenvalue weighted by Crippen LogP contribution is 2.35. The molecule has 1 aromatic heterocycles. The Labute approximate surface area is 166 Å². The number of benzene rings is 1. The Kier molecular flexibility index (Phi) is 5.74. The molecule has 2 aliphatic rings. The van der Waals surface area contributed by atoms with Crippen LogP contribution < -0.4 is 10.1 Å². The van der Waals surface area contributed by atoms with Crippen molar-refractivity contribution in [2.24, 2.45) is 5.92 Å². The van der Waals surface area contributed by atoms with E-state index in [2.05, 4.69) is 20.2 Å². The molecule has 0 unspecified atom stereocenters. The molecule has 2 heterocycles. The summed E-state index contributed by atoms with van der Waals surface area (Å²) in [7, 11) is 0. The minimum atomic E-state index is 0.0243. The Balaban J connectivity index is 1.41. The first-order chi connectivity index (χ1) is 13.7. The molecule has 2 aromatic rings. The number of hydrogen-bond acceptors (Lipinski definition) is 4. The van der Waals surface area contributed by atoms with Crippen molar-refractivity contribution >= 4 is 11.7 Å². The molecule has 0 spiro atoms. The average Bonchev–Trinajstić information content (AvgIpc) is 3.21. The zero-order valence-corrected chi connectivity index (χ0v) is 16.4. The first kappa shape index (κ1) is 18.7. The van der Waals surface area contributed by atoms with E-state index in [0.717, 1.165) is 30.6 Å². The molecule has 6 heteroatoms. The van der Waals surface area contributed by atoms with E-state index >= 15 is 0 Å². The molecule has 28 heavy (non-hydrogen) atoms. The summed E-state index contributed by atoms with van der Waals surface area (Å²) >= 11 is 0. The monoisotopic (exact) mass is 380 g/mol. The van der Waals surface area contributed by atoms with Gasteiger partial charge in [-0.25, -0.2) is 14.8 Å². The second kappa shape index (κ2) is 8.59. The van der Waals surface area contributed by atoms with E-state index in [1.54, 1.807) is 18.5 Å². The average molecular weight is 380 g/mol. The van der Waals surface area contributed by atoms with Gasteiger partial charge in [-0.3, -0.25) is 0 Å². The topological polar surface area (TPSA) is 67.4 Å². The quantitative estimate of drug-likeness (QED) is 0.796. The van der Waals surface area contributed by atoms with Gasteiger partial charge < -0.3 is 15.0 Å². The predicted octanol–water partition coefficient (Wildman–Crippen LogP) is 5.15. The molecule has 1 saturated heterocycles. The fourth-order valence-electron chi connectivity index (χ4n) is 4.52. The number of aromatic nitrogens is 2. The Bertz CT molecular complexity index is 805. The summed E-state index contributed by atoms with van der Waals surface area (Å²) in [5, 5.41) is 3.11. The molecule has 2 amide bonds. The number of ether oxygens (including phenoxy) is 1. The molecule has 2 fully saturated rings. The van der Waals surface area contributed by atoms with Gasteiger partial charge in [0.2, 0.25) is 0 Å². The number of nitrogens with one attached hydrogen (secondary N) is 1. The van der Waals surface area contributed by atoms with Crippen LogP contribution in [0.5, 0.6) is 11.8 Å². The molecule has 1 aliphatic heterocycles. The van der Waals surface area contributed by atoms with Crippen LogP contribution in [-0.4, -0.2) is 33.5 Å². The van der Waals surface area contributed by atoms with Gasteiger partial charge in [0.15, 0.2) is 0 Å². The van der Waals surface area contributed by atoms with Gasteiger partial charge >= 0.3 is 12.0 Å². The normalized spacial score (nSPS) is 20.2. The third-order valence-corrected chi connectivity index (χ3v) is 5.94. The van der Waals surface area contributed by atoms with Crippen molar-refractivity contribution in [2.45, 2.75) is 57.9 Å². The van der Waals surface area contributed by atoms with Crippen LogP contribution >= 0.6 is 0 Å². The number of hydrogen-bond donors (Lipinski definition) is 1. The van der Waals surface area contributed by atoms with Crippen molar-refractivity contribution in [3.8, 4) is 11.8 Å². The molecule has 6 nitrogen and oxygen atoms in total. The van der Waals surface area contributed by atoms with Crippen LogP contribution in [-0.2, 0) is 0 Å². The number of anilines is 1. The second-order valence-corrected chi connectivity index (χ2v) is 7.84. The number of likely N-dealkylation sites (tertiary alicyclic amines) is 1. The largest absolute Gasteiger partial charge is 0.424 e. The minimum absolute atomic E-state index is 0.0243. The molecule has 1 saturated carbocycles. The number of nitrogens with zero attached hydrogens (tertiary/aromatic N) is 3. The highest BCUT2D eigenvalue weighted by molar-refractivity contribution is 5.90. The van der Waals surface area contributed by atoms with E-state index in [9.17, 15) is 4.79 Å². The number of urea groups is 1. The summed E-state index contributed by atoms with van der Waals surface area (Å²) in [6.45, 7) is 2.83. The van der Waals surface area contributed by atoms with Gasteiger partial charge in [-0.1, -0.05) is 19.3 Å². The van der Waals surface area contributed by atoms with Crippen molar-refractivity contribution in [1.82, 2.24) is 14.9 Å². The van der Waals surface area contributed by atoms with Crippen LogP contribution in [0.25, 0.3) is 0 Å². The van der Waals surface area contributed by atoms with Crippen molar-refractivity contribution in [2.75, 3.05) is 11.9 Å². The second-order valence-electron chi connectivity index (χ2n) is 7.84. The van der Waals surface area contributed by atoms with E-state index < -0.39 is 0 Å². The first-order valence-corrected chi connectivity index (χ1v) is 10.3. The molecule has 0 bridgehead atoms. The zero-order chi connectivity index (χ0) is 19.3. The van der Waals surface area contributed by atoms with E-state index in [1.165, 1.54) is 32.1 Å². The Morgan fingerprint density at radius 3 is 2.64 bits per heavy atom. The molecular weight excluding hydrogens is 352 g/mol. The Morgan fingerprint density at radius 2 is 1.89 bits per heavy atom. The molecule has 0 radical (unpaired) electrons. The number of carbonyl (C=O) groups is 1. The van der Waals surface area contributed by atoms with Crippen molar-refractivity contribution in [1.29, 1.82) is 0 Å². The molecule has 1 aliphatic carbocycles. The lowest BCUT2D eigenvalue weighted by atomic mass is 9.83. The highest BCUT2D eigenvalue weighted by atomic mass is 16.5. The van der Waals surface area contributed by atoms with Gasteiger partial charge in [0.05, 0.1) is 0 Å². The fourth-order valence-corrected chi connectivity index (χ4v) is 4.52. The lowest BCUT2D eigenvalue weighted by Crippen LogP contribution is -2.43. The zero-order valence-electron chi connectivity index (χ0n) is 16.4. The summed E-state index contributed by atoms with van der Waals surface area (Å²) in [5.41, 5.74) is 1.77. The van der Waals surface area contributed by atoms with E-state index in [0.29, 0.717) is 23.7 Å². The van der Waals surface area contributed by atoms with Gasteiger partial charge in [0.25, 0.3) is 0 Å². The lowest BCUT2D eigenvalue weighted by Gasteiger charge is -2.34. The van der Waals surface area contributed by atoms with Crippen LogP contribution in [0, 0.1) is 12.8 Å². The van der Waals surface area contributed by atoms with E-state index in [1.807, 2.05) is 25.1 Å². The van der Waals surface area contributed by atoms with Gasteiger partial charge in [-0.05, 0) is 68.4 Å². The van der Waals surface area contributed by atoms with Crippen molar-refractivity contribution in [3.05, 3.63) is 42.2 Å². The van der Waals surface area contributed by atoms with Crippen LogP contribution in [0.15, 0.2) is 36.7 Å². The summed E-state index contributed by atoms with van der Waals surface area (Å²) in [5.74, 6) is 1.33. The summed E-state index contributed by atoms with van der Waals surface area (Å²) < 4.78 is 5.67.